The van der Waals surface area contributed by atoms with Crippen LogP contribution in [0.1, 0.15) is 36.5 Å². The van der Waals surface area contributed by atoms with Crippen molar-refractivity contribution < 1.29 is 4.79 Å². The first-order valence-electron chi connectivity index (χ1n) is 10.6. The minimum Gasteiger partial charge on any atom is -0.381 e. The lowest BCUT2D eigenvalue weighted by Crippen LogP contribution is -2.23. The van der Waals surface area contributed by atoms with E-state index in [-0.39, 0.29) is 5.91 Å². The molecule has 0 unspecified atom stereocenters. The second-order valence-corrected chi connectivity index (χ2v) is 7.73. The molecule has 5 nitrogen and oxygen atoms in total. The molecule has 2 aromatic carbocycles. The number of anilines is 4. The molecule has 0 saturated carbocycles. The number of carbonyl (C=O) groups is 1. The third-order valence-electron chi connectivity index (χ3n) is 5.51. The highest BCUT2D eigenvalue weighted by atomic mass is 16.2. The van der Waals surface area contributed by atoms with Gasteiger partial charge in [-0.3, -0.25) is 4.79 Å². The molecular formula is C25H28N4O. The molecule has 0 aliphatic carbocycles. The van der Waals surface area contributed by atoms with Crippen molar-refractivity contribution in [1.29, 1.82) is 0 Å². The molecule has 30 heavy (non-hydrogen) atoms. The van der Waals surface area contributed by atoms with Gasteiger partial charge in [0.25, 0.3) is 0 Å². The lowest BCUT2D eigenvalue weighted by atomic mass is 10.1. The number of rotatable bonds is 7. The van der Waals surface area contributed by atoms with E-state index < -0.39 is 0 Å². The normalized spacial score (nSPS) is 13.5. The molecule has 3 aromatic rings. The zero-order valence-corrected chi connectivity index (χ0v) is 17.6. The maximum absolute atomic E-state index is 11.9. The Balaban J connectivity index is 1.43. The fourth-order valence-corrected chi connectivity index (χ4v) is 3.73. The summed E-state index contributed by atoms with van der Waals surface area (Å²) in [5.41, 5.74) is 6.69. The van der Waals surface area contributed by atoms with Gasteiger partial charge in [-0.05, 0) is 60.7 Å². The lowest BCUT2D eigenvalue weighted by molar-refractivity contribution is -0.117. The first kappa shape index (κ1) is 20.0. The molecule has 154 valence electrons. The molecule has 2 N–H and O–H groups in total. The molecule has 1 amide bonds. The highest BCUT2D eigenvalue weighted by Gasteiger charge is 2.21. The zero-order chi connectivity index (χ0) is 20.9. The van der Waals surface area contributed by atoms with E-state index in [9.17, 15) is 4.79 Å². The van der Waals surface area contributed by atoms with Crippen LogP contribution in [0.15, 0.2) is 60.8 Å². The molecule has 4 rings (SSSR count). The van der Waals surface area contributed by atoms with Gasteiger partial charge in [0.2, 0.25) is 5.91 Å². The Kier molecular flexibility index (Phi) is 5.98. The Morgan fingerprint density at radius 2 is 1.87 bits per heavy atom. The van der Waals surface area contributed by atoms with Gasteiger partial charge < -0.3 is 15.5 Å². The van der Waals surface area contributed by atoms with E-state index in [0.717, 1.165) is 54.4 Å². The molecule has 5 heteroatoms. The van der Waals surface area contributed by atoms with Crippen molar-refractivity contribution in [3.05, 3.63) is 77.5 Å². The van der Waals surface area contributed by atoms with Crippen LogP contribution < -0.4 is 15.5 Å². The average Bonchev–Trinajstić information content (AvgIpc) is 3.20. The van der Waals surface area contributed by atoms with E-state index in [1.54, 1.807) is 0 Å². The number of nitrogens with zero attached hydrogens (tertiary/aromatic N) is 2. The van der Waals surface area contributed by atoms with Gasteiger partial charge in [0.05, 0.1) is 0 Å². The van der Waals surface area contributed by atoms with Crippen LogP contribution in [-0.2, 0) is 17.8 Å². The monoisotopic (exact) mass is 400 g/mol. The number of amides is 1. The molecule has 0 atom stereocenters. The number of pyridine rings is 1. The molecule has 1 saturated heterocycles. The highest BCUT2D eigenvalue weighted by molar-refractivity contribution is 5.95. The van der Waals surface area contributed by atoms with Crippen LogP contribution in [0.3, 0.4) is 0 Å². The first-order valence-corrected chi connectivity index (χ1v) is 10.6. The lowest BCUT2D eigenvalue weighted by Gasteiger charge is -2.16. The van der Waals surface area contributed by atoms with Gasteiger partial charge >= 0.3 is 0 Å². The molecule has 2 heterocycles. The SMILES string of the molecule is CCc1cccc(CNc2cc(Nc3ccc(N4CCCC4=O)cc3)ncc2C)c1. The van der Waals surface area contributed by atoms with E-state index >= 15 is 0 Å². The summed E-state index contributed by atoms with van der Waals surface area (Å²) in [5, 5.41) is 6.90. The van der Waals surface area contributed by atoms with Crippen molar-refractivity contribution in [3.8, 4) is 0 Å². The van der Waals surface area contributed by atoms with Crippen molar-refractivity contribution in [2.24, 2.45) is 0 Å². The van der Waals surface area contributed by atoms with Gasteiger partial charge in [0, 0.05) is 48.8 Å². The number of hydrogen-bond donors (Lipinski definition) is 2. The largest absolute Gasteiger partial charge is 0.381 e. The van der Waals surface area contributed by atoms with Gasteiger partial charge in [-0.1, -0.05) is 31.2 Å². The van der Waals surface area contributed by atoms with Gasteiger partial charge in [0.15, 0.2) is 0 Å². The molecular weight excluding hydrogens is 372 g/mol. The molecule has 1 aliphatic rings. The van der Waals surface area contributed by atoms with Crippen LogP contribution in [0, 0.1) is 6.92 Å². The van der Waals surface area contributed by atoms with Crippen molar-refractivity contribution in [2.45, 2.75) is 39.7 Å². The van der Waals surface area contributed by atoms with Crippen molar-refractivity contribution >= 4 is 28.8 Å². The summed E-state index contributed by atoms with van der Waals surface area (Å²) in [6, 6.07) is 18.7. The van der Waals surface area contributed by atoms with Crippen molar-refractivity contribution in [3.63, 3.8) is 0 Å². The van der Waals surface area contributed by atoms with Gasteiger partial charge in [-0.15, -0.1) is 0 Å². The van der Waals surface area contributed by atoms with Crippen LogP contribution in [0.4, 0.5) is 22.9 Å². The number of hydrogen-bond acceptors (Lipinski definition) is 4. The number of aromatic nitrogens is 1. The second-order valence-electron chi connectivity index (χ2n) is 7.73. The molecule has 1 aromatic heterocycles. The van der Waals surface area contributed by atoms with Crippen LogP contribution >= 0.6 is 0 Å². The molecule has 0 spiro atoms. The number of aryl methyl sites for hydroxylation is 2. The summed E-state index contributed by atoms with van der Waals surface area (Å²) >= 11 is 0. The second kappa shape index (κ2) is 8.99. The van der Waals surface area contributed by atoms with E-state index in [2.05, 4.69) is 53.7 Å². The standard InChI is InChI=1S/C25H28N4O/c1-3-19-6-4-7-20(14-19)17-26-23-15-24(27-16-18(23)2)28-21-9-11-22(12-10-21)29-13-5-8-25(29)30/h4,6-7,9-12,14-16H,3,5,8,13,17H2,1-2H3,(H2,26,27,28). The molecule has 1 fully saturated rings. The average molecular weight is 401 g/mol. The van der Waals surface area contributed by atoms with Crippen LogP contribution in [0.5, 0.6) is 0 Å². The summed E-state index contributed by atoms with van der Waals surface area (Å²) in [6.45, 7) is 5.81. The minimum absolute atomic E-state index is 0.205. The smallest absolute Gasteiger partial charge is 0.227 e. The summed E-state index contributed by atoms with van der Waals surface area (Å²) in [6.07, 6.45) is 4.50. The third-order valence-corrected chi connectivity index (χ3v) is 5.51. The summed E-state index contributed by atoms with van der Waals surface area (Å²) < 4.78 is 0. The fraction of sp³-hybridized carbons (Fsp3) is 0.280. The van der Waals surface area contributed by atoms with Crippen LogP contribution in [-0.4, -0.2) is 17.4 Å². The predicted molar refractivity (Wildman–Crippen MR) is 123 cm³/mol. The Morgan fingerprint density at radius 3 is 2.60 bits per heavy atom. The van der Waals surface area contributed by atoms with Gasteiger partial charge in [0.1, 0.15) is 5.82 Å². The van der Waals surface area contributed by atoms with Crippen molar-refractivity contribution in [1.82, 2.24) is 4.98 Å². The maximum Gasteiger partial charge on any atom is 0.227 e. The Hall–Kier alpha value is -3.34. The summed E-state index contributed by atoms with van der Waals surface area (Å²) in [7, 11) is 0. The number of benzene rings is 2. The van der Waals surface area contributed by atoms with Gasteiger partial charge in [-0.25, -0.2) is 4.98 Å². The number of nitrogens with one attached hydrogen (secondary N) is 2. The van der Waals surface area contributed by atoms with Crippen LogP contribution in [0.2, 0.25) is 0 Å². The topological polar surface area (TPSA) is 57.3 Å². The molecule has 0 bridgehead atoms. The Bertz CT molecular complexity index is 1030. The fourth-order valence-electron chi connectivity index (χ4n) is 3.73. The number of carbonyl (C=O) groups excluding carboxylic acids is 1. The Labute approximate surface area is 178 Å². The van der Waals surface area contributed by atoms with E-state index in [0.29, 0.717) is 6.42 Å². The minimum atomic E-state index is 0.205. The van der Waals surface area contributed by atoms with Crippen LogP contribution in [0.25, 0.3) is 0 Å². The Morgan fingerprint density at radius 1 is 1.07 bits per heavy atom. The molecule has 1 aliphatic heterocycles. The van der Waals surface area contributed by atoms with E-state index in [1.165, 1.54) is 11.1 Å². The maximum atomic E-state index is 11.9. The van der Waals surface area contributed by atoms with Crippen molar-refractivity contribution in [2.75, 3.05) is 22.1 Å². The van der Waals surface area contributed by atoms with E-state index in [1.807, 2.05) is 41.4 Å². The highest BCUT2D eigenvalue weighted by Crippen LogP contribution is 2.26. The zero-order valence-electron chi connectivity index (χ0n) is 17.6. The summed E-state index contributed by atoms with van der Waals surface area (Å²) in [5.74, 6) is 0.992. The predicted octanol–water partition coefficient (Wildman–Crippen LogP) is 5.43. The first-order chi connectivity index (χ1) is 14.6. The quantitative estimate of drug-likeness (QED) is 0.555. The summed E-state index contributed by atoms with van der Waals surface area (Å²) in [4.78, 5) is 18.3. The third kappa shape index (κ3) is 4.62. The molecule has 0 radical (unpaired) electrons. The van der Waals surface area contributed by atoms with E-state index in [4.69, 9.17) is 0 Å². The van der Waals surface area contributed by atoms with Gasteiger partial charge in [-0.2, -0.15) is 0 Å².